The summed E-state index contributed by atoms with van der Waals surface area (Å²) in [5, 5.41) is 0.706. The second-order valence-corrected chi connectivity index (χ2v) is 7.78. The number of ether oxygens (including phenoxy) is 1. The molecule has 154 valence electrons. The molecular weight excluding hydrogens is 411 g/mol. The zero-order valence-electron chi connectivity index (χ0n) is 16.2. The van der Waals surface area contributed by atoms with E-state index in [1.807, 2.05) is 48.5 Å². The first kappa shape index (κ1) is 20.5. The van der Waals surface area contributed by atoms with E-state index in [-0.39, 0.29) is 11.8 Å². The molecule has 0 saturated heterocycles. The maximum Gasteiger partial charge on any atom is 0.573 e. The first-order valence-corrected chi connectivity index (χ1v) is 9.96. The van der Waals surface area contributed by atoms with Crippen molar-refractivity contribution in [3.8, 4) is 16.9 Å². The van der Waals surface area contributed by atoms with E-state index in [0.29, 0.717) is 10.9 Å². The van der Waals surface area contributed by atoms with Gasteiger partial charge in [-0.05, 0) is 47.2 Å². The minimum Gasteiger partial charge on any atom is -0.406 e. The number of aliphatic imine (C=N–C) groups is 1. The fourth-order valence-electron chi connectivity index (χ4n) is 3.76. The monoisotopic (exact) mass is 429 g/mol. The molecular formula is C24H19ClF3NO. The SMILES string of the molecule is CC1CC(c2ccccc2Cl)=NC1c1ccc(-c2ccc(OC(F)(F)F)cc2)cc1. The van der Waals surface area contributed by atoms with E-state index in [1.165, 1.54) is 12.1 Å². The highest BCUT2D eigenvalue weighted by Gasteiger charge is 2.31. The predicted octanol–water partition coefficient (Wildman–Crippen LogP) is 7.48. The van der Waals surface area contributed by atoms with Crippen molar-refractivity contribution in [2.75, 3.05) is 0 Å². The molecule has 1 heterocycles. The van der Waals surface area contributed by atoms with Gasteiger partial charge in [-0.1, -0.05) is 73.1 Å². The van der Waals surface area contributed by atoms with Crippen molar-refractivity contribution in [3.63, 3.8) is 0 Å². The molecule has 1 aliphatic heterocycles. The van der Waals surface area contributed by atoms with Crippen LogP contribution in [0.15, 0.2) is 77.8 Å². The Bertz CT molecular complexity index is 1060. The van der Waals surface area contributed by atoms with Gasteiger partial charge in [0, 0.05) is 16.3 Å². The molecule has 2 nitrogen and oxygen atoms in total. The Labute approximate surface area is 178 Å². The lowest BCUT2D eigenvalue weighted by Gasteiger charge is -2.14. The van der Waals surface area contributed by atoms with Gasteiger partial charge in [0.05, 0.1) is 6.04 Å². The lowest BCUT2D eigenvalue weighted by molar-refractivity contribution is -0.274. The molecule has 2 atom stereocenters. The molecule has 0 saturated carbocycles. The standard InChI is InChI=1S/C24H19ClF3NO/c1-15-14-22(20-4-2-3-5-21(20)25)29-23(15)18-8-6-16(7-9-18)17-10-12-19(13-11-17)30-24(26,27)28/h2-13,15,23H,14H2,1H3. The summed E-state index contributed by atoms with van der Waals surface area (Å²) in [6.07, 6.45) is -3.83. The molecule has 3 aromatic carbocycles. The topological polar surface area (TPSA) is 21.6 Å². The van der Waals surface area contributed by atoms with Gasteiger partial charge in [-0.15, -0.1) is 13.2 Å². The fourth-order valence-corrected chi connectivity index (χ4v) is 4.01. The third-order valence-electron chi connectivity index (χ3n) is 5.21. The summed E-state index contributed by atoms with van der Waals surface area (Å²) in [6, 6.07) is 21.6. The molecule has 0 fully saturated rings. The summed E-state index contributed by atoms with van der Waals surface area (Å²) in [4.78, 5) is 4.93. The summed E-state index contributed by atoms with van der Waals surface area (Å²) < 4.78 is 40.8. The molecule has 0 bridgehead atoms. The van der Waals surface area contributed by atoms with Crippen LogP contribution in [0.4, 0.5) is 13.2 Å². The van der Waals surface area contributed by atoms with Crippen molar-refractivity contribution < 1.29 is 17.9 Å². The van der Waals surface area contributed by atoms with Crippen LogP contribution in [0.1, 0.15) is 30.5 Å². The first-order valence-electron chi connectivity index (χ1n) is 9.58. The molecule has 4 rings (SSSR count). The van der Waals surface area contributed by atoms with Gasteiger partial charge >= 0.3 is 6.36 Å². The maximum atomic E-state index is 12.3. The lowest BCUT2D eigenvalue weighted by atomic mass is 9.92. The smallest absolute Gasteiger partial charge is 0.406 e. The second-order valence-electron chi connectivity index (χ2n) is 7.38. The predicted molar refractivity (Wildman–Crippen MR) is 113 cm³/mol. The van der Waals surface area contributed by atoms with Gasteiger partial charge in [-0.3, -0.25) is 4.99 Å². The van der Waals surface area contributed by atoms with Gasteiger partial charge in [0.25, 0.3) is 0 Å². The van der Waals surface area contributed by atoms with E-state index in [1.54, 1.807) is 12.1 Å². The molecule has 30 heavy (non-hydrogen) atoms. The largest absolute Gasteiger partial charge is 0.573 e. The Morgan fingerprint density at radius 2 is 1.50 bits per heavy atom. The molecule has 0 N–H and O–H groups in total. The van der Waals surface area contributed by atoms with Gasteiger partial charge in [0.1, 0.15) is 5.75 Å². The number of halogens is 4. The molecule has 0 aliphatic carbocycles. The van der Waals surface area contributed by atoms with Crippen LogP contribution >= 0.6 is 11.6 Å². The Morgan fingerprint density at radius 3 is 2.10 bits per heavy atom. The van der Waals surface area contributed by atoms with E-state index in [2.05, 4.69) is 11.7 Å². The minimum absolute atomic E-state index is 0.0490. The number of alkyl halides is 3. The van der Waals surface area contributed by atoms with Crippen LogP contribution in [-0.4, -0.2) is 12.1 Å². The highest BCUT2D eigenvalue weighted by molar-refractivity contribution is 6.34. The Morgan fingerprint density at radius 1 is 0.900 bits per heavy atom. The van der Waals surface area contributed by atoms with Crippen LogP contribution in [0, 0.1) is 5.92 Å². The summed E-state index contributed by atoms with van der Waals surface area (Å²) in [7, 11) is 0. The lowest BCUT2D eigenvalue weighted by Crippen LogP contribution is -2.16. The quantitative estimate of drug-likeness (QED) is 0.421. The van der Waals surface area contributed by atoms with Crippen molar-refractivity contribution in [1.82, 2.24) is 0 Å². The van der Waals surface area contributed by atoms with E-state index in [9.17, 15) is 13.2 Å². The van der Waals surface area contributed by atoms with Crippen LogP contribution < -0.4 is 4.74 Å². The Kier molecular flexibility index (Phi) is 5.56. The van der Waals surface area contributed by atoms with Crippen molar-refractivity contribution >= 4 is 17.3 Å². The van der Waals surface area contributed by atoms with Crippen LogP contribution in [0.2, 0.25) is 5.02 Å². The molecule has 0 radical (unpaired) electrons. The summed E-state index contributed by atoms with van der Waals surface area (Å²) >= 11 is 6.33. The molecule has 0 amide bonds. The average Bonchev–Trinajstić information content (AvgIpc) is 3.09. The highest BCUT2D eigenvalue weighted by Crippen LogP contribution is 2.38. The maximum absolute atomic E-state index is 12.3. The van der Waals surface area contributed by atoms with Crippen LogP contribution in [-0.2, 0) is 0 Å². The first-order chi connectivity index (χ1) is 14.3. The van der Waals surface area contributed by atoms with Gasteiger partial charge < -0.3 is 4.74 Å². The van der Waals surface area contributed by atoms with E-state index < -0.39 is 6.36 Å². The average molecular weight is 430 g/mol. The van der Waals surface area contributed by atoms with Crippen molar-refractivity contribution in [1.29, 1.82) is 0 Å². The normalized spacial score (nSPS) is 18.9. The van der Waals surface area contributed by atoms with Crippen molar-refractivity contribution in [2.45, 2.75) is 25.7 Å². The van der Waals surface area contributed by atoms with E-state index >= 15 is 0 Å². The van der Waals surface area contributed by atoms with E-state index in [4.69, 9.17) is 16.6 Å². The van der Waals surface area contributed by atoms with Gasteiger partial charge in [0.2, 0.25) is 0 Å². The fraction of sp³-hybridized carbons (Fsp3) is 0.208. The number of nitrogens with zero attached hydrogens (tertiary/aromatic N) is 1. The van der Waals surface area contributed by atoms with Gasteiger partial charge in [-0.2, -0.15) is 0 Å². The number of hydrogen-bond donors (Lipinski definition) is 0. The van der Waals surface area contributed by atoms with Gasteiger partial charge in [-0.25, -0.2) is 0 Å². The van der Waals surface area contributed by atoms with Crippen molar-refractivity contribution in [3.05, 3.63) is 88.9 Å². The number of rotatable bonds is 4. The van der Waals surface area contributed by atoms with Crippen molar-refractivity contribution in [2.24, 2.45) is 10.9 Å². The Hall–Kier alpha value is -2.79. The molecule has 6 heteroatoms. The molecule has 0 aromatic heterocycles. The molecule has 2 unspecified atom stereocenters. The second kappa shape index (κ2) is 8.15. The Balaban J connectivity index is 1.53. The van der Waals surface area contributed by atoms with E-state index in [0.717, 1.165) is 34.4 Å². The van der Waals surface area contributed by atoms with Crippen LogP contribution in [0.25, 0.3) is 11.1 Å². The highest BCUT2D eigenvalue weighted by atomic mass is 35.5. The van der Waals surface area contributed by atoms with Gasteiger partial charge in [0.15, 0.2) is 0 Å². The summed E-state index contributed by atoms with van der Waals surface area (Å²) in [6.45, 7) is 2.17. The zero-order chi connectivity index (χ0) is 21.3. The van der Waals surface area contributed by atoms with Crippen LogP contribution in [0.5, 0.6) is 5.75 Å². The summed E-state index contributed by atoms with van der Waals surface area (Å²) in [5.74, 6) is 0.116. The molecule has 1 aliphatic rings. The zero-order valence-corrected chi connectivity index (χ0v) is 16.9. The number of benzene rings is 3. The minimum atomic E-state index is -4.69. The molecule has 3 aromatic rings. The third kappa shape index (κ3) is 4.51. The number of hydrogen-bond acceptors (Lipinski definition) is 2. The third-order valence-corrected chi connectivity index (χ3v) is 5.54. The molecule has 0 spiro atoms. The van der Waals surface area contributed by atoms with Crippen LogP contribution in [0.3, 0.4) is 0 Å². The summed E-state index contributed by atoms with van der Waals surface area (Å²) in [5.41, 5.74) is 4.83.